The molecule has 0 aromatic heterocycles. The van der Waals surface area contributed by atoms with E-state index in [0.29, 0.717) is 0 Å². The second-order valence-corrected chi connectivity index (χ2v) is 0.665. The number of hydrogen-bond donors (Lipinski definition) is 2. The second kappa shape index (κ2) is 15.6. The van der Waals surface area contributed by atoms with Gasteiger partial charge in [0.05, 0.1) is 0 Å². The van der Waals surface area contributed by atoms with Crippen molar-refractivity contribution in [2.45, 2.75) is 0 Å². The summed E-state index contributed by atoms with van der Waals surface area (Å²) in [5.41, 5.74) is 0. The Balaban J connectivity index is -0.0000000480. The van der Waals surface area contributed by atoms with Gasteiger partial charge in [-0.3, -0.25) is 0 Å². The molecule has 0 saturated heterocycles. The molecule has 2 nitrogen and oxygen atoms in total. The Morgan fingerprint density at radius 1 is 1.71 bits per heavy atom. The predicted octanol–water partition coefficient (Wildman–Crippen LogP) is 0.997. The molecule has 40 valence electrons. The van der Waals surface area contributed by atoms with E-state index >= 15 is 0 Å². The fourth-order valence-corrected chi connectivity index (χ4v) is 0. The zero-order chi connectivity index (χ0) is 5.58. The van der Waals surface area contributed by atoms with Crippen LogP contribution in [0.25, 0.3) is 0 Å². The van der Waals surface area contributed by atoms with Gasteiger partial charge in [0.1, 0.15) is 0 Å². The van der Waals surface area contributed by atoms with Crippen molar-refractivity contribution >= 4 is 70.1 Å². The topological polar surface area (TPSA) is 37.3 Å². The van der Waals surface area contributed by atoms with Crippen LogP contribution in [-0.2, 0) is 0 Å². The Kier molecular flexibility index (Phi) is 35.4. The zero-order valence-electron chi connectivity index (χ0n) is 3.18. The Bertz CT molecular complexity index is 38.7. The van der Waals surface area contributed by atoms with Gasteiger partial charge in [-0.2, -0.15) is 0 Å². The third-order valence-corrected chi connectivity index (χ3v) is 0. The van der Waals surface area contributed by atoms with Gasteiger partial charge in [-0.25, -0.2) is 4.79 Å². The van der Waals surface area contributed by atoms with E-state index in [2.05, 4.69) is 35.2 Å². The summed E-state index contributed by atoms with van der Waals surface area (Å²) < 4.78 is 0. The zero-order valence-corrected chi connectivity index (χ0v) is 6.23. The number of carboxylic acid groups (broad SMARTS) is 1. The third-order valence-electron chi connectivity index (χ3n) is 0. The molecule has 1 N–H and O–H groups in total. The van der Waals surface area contributed by atoms with Crippen LogP contribution in [0, 0.1) is 0 Å². The first-order chi connectivity index (χ1) is 2.73. The fraction of sp³-hybridized carbons (Fsp3) is 0.500. The molecule has 7 heavy (non-hydrogen) atoms. The van der Waals surface area contributed by atoms with Crippen LogP contribution in [0.1, 0.15) is 0 Å². The SMILES string of the molecule is CI.O=C(O)S.[NaH]. The molecular weight excluding hydrogens is 238 g/mol. The van der Waals surface area contributed by atoms with E-state index < -0.39 is 5.30 Å². The molecule has 0 aromatic rings. The number of halogens is 1. The average Bonchev–Trinajstić information content (AvgIpc) is 1.41. The van der Waals surface area contributed by atoms with Crippen molar-refractivity contribution in [2.24, 2.45) is 0 Å². The van der Waals surface area contributed by atoms with E-state index in [1.165, 1.54) is 0 Å². The first-order valence-corrected chi connectivity index (χ1v) is 3.63. The summed E-state index contributed by atoms with van der Waals surface area (Å²) >= 11 is 5.03. The summed E-state index contributed by atoms with van der Waals surface area (Å²) in [6.45, 7) is 0. The molecule has 0 heterocycles. The van der Waals surface area contributed by atoms with Crippen molar-refractivity contribution in [2.75, 3.05) is 4.93 Å². The van der Waals surface area contributed by atoms with Gasteiger partial charge < -0.3 is 5.11 Å². The van der Waals surface area contributed by atoms with E-state index in [1.807, 2.05) is 4.93 Å². The molecule has 0 radical (unpaired) electrons. The Hall–Kier alpha value is 1.55. The first kappa shape index (κ1) is 15.8. The van der Waals surface area contributed by atoms with Crippen LogP contribution in [0.3, 0.4) is 0 Å². The molecule has 0 atom stereocenters. The van der Waals surface area contributed by atoms with Crippen LogP contribution in [0.2, 0.25) is 0 Å². The van der Waals surface area contributed by atoms with Gasteiger partial charge in [-0.1, -0.05) is 35.2 Å². The molecule has 0 aliphatic rings. The average molecular weight is 244 g/mol. The summed E-state index contributed by atoms with van der Waals surface area (Å²) in [4.78, 5) is 10.8. The fourth-order valence-electron chi connectivity index (χ4n) is 0. The van der Waals surface area contributed by atoms with Crippen molar-refractivity contribution in [3.63, 3.8) is 0 Å². The Labute approximate surface area is 83.9 Å². The molecule has 0 aliphatic carbocycles. The molecule has 0 aromatic carbocycles. The van der Waals surface area contributed by atoms with Crippen molar-refractivity contribution in [1.82, 2.24) is 0 Å². The summed E-state index contributed by atoms with van der Waals surface area (Å²) in [7, 11) is 0. The maximum absolute atomic E-state index is 8.86. The molecule has 0 unspecified atom stereocenters. The number of rotatable bonds is 0. The monoisotopic (exact) mass is 244 g/mol. The molecule has 5 heteroatoms. The van der Waals surface area contributed by atoms with E-state index in [1.54, 1.807) is 0 Å². The van der Waals surface area contributed by atoms with Crippen LogP contribution in [0.15, 0.2) is 0 Å². The first-order valence-electron chi connectivity index (χ1n) is 1.03. The molecule has 0 bridgehead atoms. The van der Waals surface area contributed by atoms with Crippen LogP contribution in [0.4, 0.5) is 4.79 Å². The van der Waals surface area contributed by atoms with Crippen molar-refractivity contribution in [1.29, 1.82) is 0 Å². The molecule has 0 amide bonds. The van der Waals surface area contributed by atoms with E-state index in [4.69, 9.17) is 9.90 Å². The Morgan fingerprint density at radius 2 is 1.71 bits per heavy atom. The standard InChI is InChI=1S/CH3I.CH2O2S.Na.H/c1-2;2-1(3)4;;/h1H3;4H,(H,2,3);;. The predicted molar refractivity (Wildman–Crippen MR) is 44.1 cm³/mol. The van der Waals surface area contributed by atoms with Crippen LogP contribution in [0.5, 0.6) is 0 Å². The minimum absolute atomic E-state index is 0. The van der Waals surface area contributed by atoms with Gasteiger partial charge in [0.2, 0.25) is 0 Å². The normalized spacial score (nSPS) is 4.43. The molecule has 0 saturated carbocycles. The van der Waals surface area contributed by atoms with Crippen molar-refractivity contribution < 1.29 is 9.90 Å². The molecule has 0 fully saturated rings. The van der Waals surface area contributed by atoms with E-state index in [9.17, 15) is 0 Å². The van der Waals surface area contributed by atoms with Gasteiger partial charge in [-0.15, -0.1) is 0 Å². The molecule has 0 rings (SSSR count). The minimum atomic E-state index is -1.14. The summed E-state index contributed by atoms with van der Waals surface area (Å²) in [6, 6.07) is 0. The van der Waals surface area contributed by atoms with Crippen LogP contribution >= 0.6 is 35.2 Å². The van der Waals surface area contributed by atoms with Gasteiger partial charge in [-0.05, 0) is 4.93 Å². The van der Waals surface area contributed by atoms with E-state index in [0.717, 1.165) is 0 Å². The van der Waals surface area contributed by atoms with Crippen LogP contribution in [-0.4, -0.2) is 44.9 Å². The van der Waals surface area contributed by atoms with Gasteiger partial charge >= 0.3 is 34.9 Å². The number of carbonyl (C=O) groups is 1. The van der Waals surface area contributed by atoms with Gasteiger partial charge in [0, 0.05) is 0 Å². The van der Waals surface area contributed by atoms with Gasteiger partial charge in [0.25, 0.3) is 0 Å². The maximum atomic E-state index is 8.86. The Morgan fingerprint density at radius 3 is 1.71 bits per heavy atom. The summed E-state index contributed by atoms with van der Waals surface area (Å²) in [5.74, 6) is 0. The number of hydrogen-bond acceptors (Lipinski definition) is 1. The van der Waals surface area contributed by atoms with Crippen LogP contribution < -0.4 is 0 Å². The summed E-state index contributed by atoms with van der Waals surface area (Å²) in [6.07, 6.45) is 0. The summed E-state index contributed by atoms with van der Waals surface area (Å²) in [5, 5.41) is 6.14. The van der Waals surface area contributed by atoms with Gasteiger partial charge in [0.15, 0.2) is 0 Å². The molecular formula is C2H6INaO2S. The van der Waals surface area contributed by atoms with Crippen molar-refractivity contribution in [3.05, 3.63) is 0 Å². The molecule has 0 spiro atoms. The second-order valence-electron chi connectivity index (χ2n) is 0.283. The molecule has 0 aliphatic heterocycles. The number of thiol groups is 1. The number of alkyl halides is 1. The van der Waals surface area contributed by atoms with E-state index in [-0.39, 0.29) is 29.6 Å². The van der Waals surface area contributed by atoms with Crippen molar-refractivity contribution in [3.8, 4) is 0 Å². The quantitative estimate of drug-likeness (QED) is 0.288. The third kappa shape index (κ3) is 96.8.